The first-order valence-corrected chi connectivity index (χ1v) is 7.30. The van der Waals surface area contributed by atoms with Crippen molar-refractivity contribution in [3.8, 4) is 0 Å². The third kappa shape index (κ3) is 2.58. The van der Waals surface area contributed by atoms with Crippen LogP contribution in [0.25, 0.3) is 0 Å². The van der Waals surface area contributed by atoms with E-state index in [0.717, 1.165) is 12.0 Å². The summed E-state index contributed by atoms with van der Waals surface area (Å²) in [5, 5.41) is 9.87. The van der Waals surface area contributed by atoms with E-state index in [9.17, 15) is 9.90 Å². The van der Waals surface area contributed by atoms with Crippen molar-refractivity contribution in [3.63, 3.8) is 0 Å². The molecule has 1 unspecified atom stereocenters. The number of hydrogen-bond donors (Lipinski definition) is 1. The zero-order chi connectivity index (χ0) is 14.6. The van der Waals surface area contributed by atoms with E-state index in [0.29, 0.717) is 32.7 Å². The largest absolute Gasteiger partial charge is 0.480 e. The molecule has 0 saturated carbocycles. The van der Waals surface area contributed by atoms with Crippen LogP contribution in [0.4, 0.5) is 0 Å². The number of carboxylic acids is 1. The molecule has 0 spiro atoms. The van der Waals surface area contributed by atoms with Crippen molar-refractivity contribution in [1.29, 1.82) is 0 Å². The van der Waals surface area contributed by atoms with Crippen molar-refractivity contribution in [3.05, 3.63) is 35.4 Å². The van der Waals surface area contributed by atoms with Gasteiger partial charge in [0.15, 0.2) is 0 Å². The lowest BCUT2D eigenvalue weighted by Gasteiger charge is -2.42. The molecule has 110 valence electrons. The molecule has 0 bridgehead atoms. The quantitative estimate of drug-likeness (QED) is 0.897. The minimum Gasteiger partial charge on any atom is -0.480 e. The van der Waals surface area contributed by atoms with Gasteiger partial charge in [0, 0.05) is 13.1 Å². The number of benzene rings is 1. The summed E-state index contributed by atoms with van der Waals surface area (Å²) in [5.74, 6) is -0.772. The number of ether oxygens (including phenoxy) is 1. The fraction of sp³-hybridized carbons (Fsp3) is 0.562. The third-order valence-electron chi connectivity index (χ3n) is 4.26. The van der Waals surface area contributed by atoms with E-state index in [4.69, 9.17) is 4.74 Å². The van der Waals surface area contributed by atoms with Gasteiger partial charge in [0.1, 0.15) is 5.54 Å². The second-order valence-electron chi connectivity index (χ2n) is 5.17. The Hall–Kier alpha value is -1.39. The fourth-order valence-corrected chi connectivity index (χ4v) is 2.98. The highest BCUT2D eigenvalue weighted by Gasteiger charge is 2.44. The van der Waals surface area contributed by atoms with E-state index in [1.165, 1.54) is 5.56 Å². The molecule has 1 aliphatic heterocycles. The molecule has 0 radical (unpaired) electrons. The summed E-state index contributed by atoms with van der Waals surface area (Å²) in [4.78, 5) is 14.1. The average Bonchev–Trinajstić information content (AvgIpc) is 2.50. The lowest BCUT2D eigenvalue weighted by atomic mass is 9.84. The smallest absolute Gasteiger partial charge is 0.328 e. The third-order valence-corrected chi connectivity index (χ3v) is 4.26. The van der Waals surface area contributed by atoms with Crippen LogP contribution >= 0.6 is 0 Å². The standard InChI is InChI=1S/C16H23NO3/c1-3-13-5-7-14(8-6-13)16(4-2,15(18)19)17-9-11-20-12-10-17/h5-8H,3-4,9-12H2,1-2H3,(H,18,19). The van der Waals surface area contributed by atoms with E-state index < -0.39 is 11.5 Å². The molecular weight excluding hydrogens is 254 g/mol. The number of nitrogens with zero attached hydrogens (tertiary/aromatic N) is 1. The van der Waals surface area contributed by atoms with E-state index in [1.54, 1.807) is 0 Å². The Morgan fingerprint density at radius 1 is 1.25 bits per heavy atom. The molecule has 1 saturated heterocycles. The average molecular weight is 277 g/mol. The summed E-state index contributed by atoms with van der Waals surface area (Å²) in [6, 6.07) is 7.99. The lowest BCUT2D eigenvalue weighted by molar-refractivity contribution is -0.156. The summed E-state index contributed by atoms with van der Waals surface area (Å²) in [6.45, 7) is 6.56. The van der Waals surface area contributed by atoms with Crippen molar-refractivity contribution in [2.75, 3.05) is 26.3 Å². The summed E-state index contributed by atoms with van der Waals surface area (Å²) >= 11 is 0. The molecule has 4 nitrogen and oxygen atoms in total. The van der Waals surface area contributed by atoms with Gasteiger partial charge >= 0.3 is 5.97 Å². The Balaban J connectivity index is 2.41. The molecule has 2 rings (SSSR count). The van der Waals surface area contributed by atoms with Crippen LogP contribution in [-0.2, 0) is 21.5 Å². The van der Waals surface area contributed by atoms with Crippen LogP contribution in [0.15, 0.2) is 24.3 Å². The molecule has 0 aromatic heterocycles. The van der Waals surface area contributed by atoms with E-state index >= 15 is 0 Å². The normalized spacial score (nSPS) is 19.5. The fourth-order valence-electron chi connectivity index (χ4n) is 2.98. The summed E-state index contributed by atoms with van der Waals surface area (Å²) in [6.07, 6.45) is 1.51. The van der Waals surface area contributed by atoms with Crippen molar-refractivity contribution < 1.29 is 14.6 Å². The van der Waals surface area contributed by atoms with Gasteiger partial charge in [0.2, 0.25) is 0 Å². The molecular formula is C16H23NO3. The molecule has 1 heterocycles. The zero-order valence-electron chi connectivity index (χ0n) is 12.3. The Bertz CT molecular complexity index is 451. The van der Waals surface area contributed by atoms with Crippen LogP contribution in [0.3, 0.4) is 0 Å². The summed E-state index contributed by atoms with van der Waals surface area (Å²) in [7, 11) is 0. The summed E-state index contributed by atoms with van der Waals surface area (Å²) < 4.78 is 5.36. The van der Waals surface area contributed by atoms with Gasteiger partial charge in [-0.15, -0.1) is 0 Å². The molecule has 1 N–H and O–H groups in total. The van der Waals surface area contributed by atoms with Gasteiger partial charge in [0.05, 0.1) is 13.2 Å². The Morgan fingerprint density at radius 3 is 2.30 bits per heavy atom. The lowest BCUT2D eigenvalue weighted by Crippen LogP contribution is -2.55. The number of carboxylic acid groups (broad SMARTS) is 1. The molecule has 1 aromatic rings. The van der Waals surface area contributed by atoms with E-state index in [2.05, 4.69) is 6.92 Å². The van der Waals surface area contributed by atoms with Gasteiger partial charge in [-0.3, -0.25) is 4.90 Å². The Morgan fingerprint density at radius 2 is 1.85 bits per heavy atom. The predicted octanol–water partition coefficient (Wildman–Crippen LogP) is 2.27. The van der Waals surface area contributed by atoms with Crippen molar-refractivity contribution in [1.82, 2.24) is 4.90 Å². The van der Waals surface area contributed by atoms with Gasteiger partial charge in [-0.25, -0.2) is 4.79 Å². The number of morpholine rings is 1. The SMILES string of the molecule is CCc1ccc(C(CC)(C(=O)O)N2CCOCC2)cc1. The number of carbonyl (C=O) groups is 1. The first-order chi connectivity index (χ1) is 9.65. The molecule has 4 heteroatoms. The number of rotatable bonds is 5. The first-order valence-electron chi connectivity index (χ1n) is 7.30. The van der Waals surface area contributed by atoms with Crippen LogP contribution in [0.5, 0.6) is 0 Å². The van der Waals surface area contributed by atoms with Crippen LogP contribution in [0.2, 0.25) is 0 Å². The maximum Gasteiger partial charge on any atom is 0.328 e. The molecule has 0 amide bonds. The van der Waals surface area contributed by atoms with E-state index in [-0.39, 0.29) is 0 Å². The Labute approximate surface area is 120 Å². The number of aryl methyl sites for hydroxylation is 1. The maximum absolute atomic E-state index is 12.0. The van der Waals surface area contributed by atoms with Crippen LogP contribution in [-0.4, -0.2) is 42.3 Å². The maximum atomic E-state index is 12.0. The molecule has 0 aliphatic carbocycles. The monoisotopic (exact) mass is 277 g/mol. The minimum absolute atomic E-state index is 0.549. The van der Waals surface area contributed by atoms with Gasteiger partial charge < -0.3 is 9.84 Å². The van der Waals surface area contributed by atoms with Crippen LogP contribution in [0.1, 0.15) is 31.4 Å². The molecule has 1 fully saturated rings. The van der Waals surface area contributed by atoms with Crippen LogP contribution in [0, 0.1) is 0 Å². The highest BCUT2D eigenvalue weighted by Crippen LogP contribution is 2.33. The molecule has 1 atom stereocenters. The molecule has 20 heavy (non-hydrogen) atoms. The second-order valence-corrected chi connectivity index (χ2v) is 5.17. The predicted molar refractivity (Wildman–Crippen MR) is 77.8 cm³/mol. The zero-order valence-corrected chi connectivity index (χ0v) is 12.3. The number of aliphatic carboxylic acids is 1. The minimum atomic E-state index is -0.934. The Kier molecular flexibility index (Phi) is 4.78. The molecule has 1 aromatic carbocycles. The summed E-state index contributed by atoms with van der Waals surface area (Å²) in [5.41, 5.74) is 1.16. The van der Waals surface area contributed by atoms with Crippen molar-refractivity contribution in [2.24, 2.45) is 0 Å². The van der Waals surface area contributed by atoms with Gasteiger partial charge in [-0.05, 0) is 24.0 Å². The van der Waals surface area contributed by atoms with E-state index in [1.807, 2.05) is 36.1 Å². The highest BCUT2D eigenvalue weighted by molar-refractivity contribution is 5.80. The van der Waals surface area contributed by atoms with Crippen molar-refractivity contribution >= 4 is 5.97 Å². The number of hydrogen-bond acceptors (Lipinski definition) is 3. The second kappa shape index (κ2) is 6.37. The molecule has 1 aliphatic rings. The topological polar surface area (TPSA) is 49.8 Å². The van der Waals surface area contributed by atoms with Gasteiger partial charge in [-0.1, -0.05) is 38.1 Å². The van der Waals surface area contributed by atoms with Crippen molar-refractivity contribution in [2.45, 2.75) is 32.2 Å². The van der Waals surface area contributed by atoms with Crippen LogP contribution < -0.4 is 0 Å². The highest BCUT2D eigenvalue weighted by atomic mass is 16.5. The first kappa shape index (κ1) is 15.0. The van der Waals surface area contributed by atoms with Gasteiger partial charge in [-0.2, -0.15) is 0 Å². The van der Waals surface area contributed by atoms with Gasteiger partial charge in [0.25, 0.3) is 0 Å².